The largest absolute Gasteiger partial charge is 0.507 e. The molecule has 0 aromatic heterocycles. The van der Waals surface area contributed by atoms with Crippen LogP contribution in [0.25, 0.3) is 5.76 Å². The van der Waals surface area contributed by atoms with E-state index >= 15 is 0 Å². The Morgan fingerprint density at radius 2 is 1.88 bits per heavy atom. The van der Waals surface area contributed by atoms with E-state index in [1.54, 1.807) is 24.3 Å². The standard InChI is InChI=1S/C25H29ClN2O4/c1-4-5-15-32-20-8-6-7-18(16-20)22-21(23(29)17-9-11-19(26)12-10-17)24(30)25(31)28(22)14-13-27(2)3/h6-12,16,22,29H,4-5,13-15H2,1-3H3/b23-21+. The van der Waals surface area contributed by atoms with Gasteiger partial charge in [0.25, 0.3) is 11.7 Å². The molecule has 2 aromatic rings. The summed E-state index contributed by atoms with van der Waals surface area (Å²) < 4.78 is 5.84. The predicted molar refractivity (Wildman–Crippen MR) is 126 cm³/mol. The van der Waals surface area contributed by atoms with E-state index in [0.717, 1.165) is 12.8 Å². The Morgan fingerprint density at radius 3 is 2.53 bits per heavy atom. The van der Waals surface area contributed by atoms with Crippen LogP contribution in [0.3, 0.4) is 0 Å². The molecule has 1 N–H and O–H groups in total. The van der Waals surface area contributed by atoms with Crippen molar-refractivity contribution in [3.05, 3.63) is 70.3 Å². The summed E-state index contributed by atoms with van der Waals surface area (Å²) in [5.41, 5.74) is 1.22. The van der Waals surface area contributed by atoms with Crippen LogP contribution in [0, 0.1) is 0 Å². The van der Waals surface area contributed by atoms with Crippen LogP contribution in [0.4, 0.5) is 0 Å². The summed E-state index contributed by atoms with van der Waals surface area (Å²) in [5.74, 6) is -0.863. The van der Waals surface area contributed by atoms with E-state index in [4.69, 9.17) is 16.3 Å². The number of carbonyl (C=O) groups excluding carboxylic acids is 2. The number of nitrogens with zero attached hydrogens (tertiary/aromatic N) is 2. The Kier molecular flexibility index (Phi) is 7.94. The highest BCUT2D eigenvalue weighted by atomic mass is 35.5. The van der Waals surface area contributed by atoms with E-state index in [-0.39, 0.29) is 11.3 Å². The molecule has 1 amide bonds. The van der Waals surface area contributed by atoms with Crippen molar-refractivity contribution in [1.82, 2.24) is 9.80 Å². The summed E-state index contributed by atoms with van der Waals surface area (Å²) in [4.78, 5) is 29.5. The van der Waals surface area contributed by atoms with E-state index in [0.29, 0.717) is 41.6 Å². The van der Waals surface area contributed by atoms with Gasteiger partial charge in [-0.3, -0.25) is 9.59 Å². The Hall–Kier alpha value is -2.83. The lowest BCUT2D eigenvalue weighted by Gasteiger charge is -2.27. The maximum Gasteiger partial charge on any atom is 0.295 e. The molecule has 0 spiro atoms. The van der Waals surface area contributed by atoms with E-state index in [1.807, 2.05) is 43.3 Å². The minimum atomic E-state index is -0.708. The number of likely N-dealkylation sites (tertiary alicyclic amines) is 1. The third kappa shape index (κ3) is 5.31. The Bertz CT molecular complexity index is 1000. The fraction of sp³-hybridized carbons (Fsp3) is 0.360. The van der Waals surface area contributed by atoms with E-state index in [2.05, 4.69) is 6.92 Å². The van der Waals surface area contributed by atoms with Crippen molar-refractivity contribution in [2.45, 2.75) is 25.8 Å². The lowest BCUT2D eigenvalue weighted by atomic mass is 9.95. The molecule has 0 bridgehead atoms. The second-order valence-electron chi connectivity index (χ2n) is 8.08. The zero-order chi connectivity index (χ0) is 23.3. The van der Waals surface area contributed by atoms with Gasteiger partial charge in [-0.25, -0.2) is 0 Å². The van der Waals surface area contributed by atoms with E-state index in [1.165, 1.54) is 4.90 Å². The molecular weight excluding hydrogens is 428 g/mol. The number of aliphatic hydroxyl groups is 1. The first-order chi connectivity index (χ1) is 15.3. The summed E-state index contributed by atoms with van der Waals surface area (Å²) >= 11 is 5.97. The molecule has 1 aliphatic rings. The maximum absolute atomic E-state index is 13.0. The summed E-state index contributed by atoms with van der Waals surface area (Å²) in [6.45, 7) is 3.61. The average molecular weight is 457 g/mol. The van der Waals surface area contributed by atoms with E-state index in [9.17, 15) is 14.7 Å². The zero-order valence-corrected chi connectivity index (χ0v) is 19.4. The summed E-state index contributed by atoms with van der Waals surface area (Å²) in [6.07, 6.45) is 1.95. The highest BCUT2D eigenvalue weighted by molar-refractivity contribution is 6.46. The van der Waals surface area contributed by atoms with Gasteiger partial charge < -0.3 is 19.6 Å². The molecule has 0 radical (unpaired) electrons. The fourth-order valence-electron chi connectivity index (χ4n) is 3.64. The second-order valence-corrected chi connectivity index (χ2v) is 8.51. The van der Waals surface area contributed by atoms with Crippen molar-refractivity contribution in [2.24, 2.45) is 0 Å². The molecule has 1 saturated heterocycles. The van der Waals surface area contributed by atoms with Crippen LogP contribution in [-0.2, 0) is 9.59 Å². The van der Waals surface area contributed by atoms with Gasteiger partial charge >= 0.3 is 0 Å². The smallest absolute Gasteiger partial charge is 0.295 e. The fourth-order valence-corrected chi connectivity index (χ4v) is 3.76. The highest BCUT2D eigenvalue weighted by Crippen LogP contribution is 2.40. The molecule has 3 rings (SSSR count). The zero-order valence-electron chi connectivity index (χ0n) is 18.7. The van der Waals surface area contributed by atoms with Crippen molar-refractivity contribution in [1.29, 1.82) is 0 Å². The third-order valence-corrected chi connectivity index (χ3v) is 5.64. The molecule has 6 nitrogen and oxygen atoms in total. The number of ether oxygens (including phenoxy) is 1. The first-order valence-electron chi connectivity index (χ1n) is 10.7. The lowest BCUT2D eigenvalue weighted by molar-refractivity contribution is -0.140. The quantitative estimate of drug-likeness (QED) is 0.260. The average Bonchev–Trinajstić information content (AvgIpc) is 3.03. The van der Waals surface area contributed by atoms with Gasteiger partial charge in [0.05, 0.1) is 18.2 Å². The Morgan fingerprint density at radius 1 is 1.16 bits per heavy atom. The first-order valence-corrected chi connectivity index (χ1v) is 11.1. The predicted octanol–water partition coefficient (Wildman–Crippen LogP) is 4.50. The van der Waals surface area contributed by atoms with Crippen LogP contribution in [0.5, 0.6) is 5.75 Å². The van der Waals surface area contributed by atoms with Crippen molar-refractivity contribution < 1.29 is 19.4 Å². The summed E-state index contributed by atoms with van der Waals surface area (Å²) in [6, 6.07) is 13.2. The number of halogens is 1. The third-order valence-electron chi connectivity index (χ3n) is 5.39. The normalized spacial score (nSPS) is 17.9. The number of unbranched alkanes of at least 4 members (excludes halogenated alkanes) is 1. The van der Waals surface area contributed by atoms with Crippen molar-refractivity contribution in [3.63, 3.8) is 0 Å². The first kappa shape index (κ1) is 23.8. The second kappa shape index (κ2) is 10.7. The van der Waals surface area contributed by atoms with Gasteiger partial charge in [-0.1, -0.05) is 37.1 Å². The number of hydrogen-bond donors (Lipinski definition) is 1. The number of aliphatic hydroxyl groups excluding tert-OH is 1. The molecular formula is C25H29ClN2O4. The molecule has 0 aliphatic carbocycles. The minimum Gasteiger partial charge on any atom is -0.507 e. The van der Waals surface area contributed by atoms with Crippen LogP contribution >= 0.6 is 11.6 Å². The molecule has 1 heterocycles. The number of ketones is 1. The molecule has 170 valence electrons. The van der Waals surface area contributed by atoms with Crippen LogP contribution in [-0.4, -0.2) is 60.4 Å². The van der Waals surface area contributed by atoms with Crippen LogP contribution in [0.15, 0.2) is 54.1 Å². The molecule has 1 aliphatic heterocycles. The molecule has 1 unspecified atom stereocenters. The van der Waals surface area contributed by atoms with Crippen molar-refractivity contribution in [3.8, 4) is 5.75 Å². The number of likely N-dealkylation sites (N-methyl/N-ethyl adjacent to an activating group) is 1. The van der Waals surface area contributed by atoms with Crippen LogP contribution < -0.4 is 4.74 Å². The number of carbonyl (C=O) groups is 2. The van der Waals surface area contributed by atoms with Gasteiger partial charge in [0.1, 0.15) is 11.5 Å². The van der Waals surface area contributed by atoms with Gasteiger partial charge in [-0.05, 0) is 62.5 Å². The molecule has 7 heteroatoms. The summed E-state index contributed by atoms with van der Waals surface area (Å²) in [5, 5.41) is 11.6. The topological polar surface area (TPSA) is 70.1 Å². The lowest BCUT2D eigenvalue weighted by Crippen LogP contribution is -2.35. The molecule has 32 heavy (non-hydrogen) atoms. The molecule has 1 atom stereocenters. The van der Waals surface area contributed by atoms with Crippen molar-refractivity contribution in [2.75, 3.05) is 33.8 Å². The van der Waals surface area contributed by atoms with Gasteiger partial charge in [0, 0.05) is 23.7 Å². The van der Waals surface area contributed by atoms with Crippen molar-refractivity contribution >= 4 is 29.1 Å². The minimum absolute atomic E-state index is 0.0711. The van der Waals surface area contributed by atoms with Crippen LogP contribution in [0.1, 0.15) is 36.9 Å². The Labute approximate surface area is 194 Å². The highest BCUT2D eigenvalue weighted by Gasteiger charge is 2.46. The summed E-state index contributed by atoms with van der Waals surface area (Å²) in [7, 11) is 3.81. The monoisotopic (exact) mass is 456 g/mol. The molecule has 0 saturated carbocycles. The van der Waals surface area contributed by atoms with Crippen LogP contribution in [0.2, 0.25) is 5.02 Å². The van der Waals surface area contributed by atoms with Gasteiger partial charge in [-0.15, -0.1) is 0 Å². The number of amides is 1. The van der Waals surface area contributed by atoms with Gasteiger partial charge in [-0.2, -0.15) is 0 Å². The molecule has 1 fully saturated rings. The van der Waals surface area contributed by atoms with Gasteiger partial charge in [0.15, 0.2) is 0 Å². The SMILES string of the molecule is CCCCOc1cccc(C2/C(=C(\O)c3ccc(Cl)cc3)C(=O)C(=O)N2CCN(C)C)c1. The number of Topliss-reactive ketones (excluding diaryl/α,β-unsaturated/α-hetero) is 1. The number of hydrogen-bond acceptors (Lipinski definition) is 5. The van der Waals surface area contributed by atoms with Gasteiger partial charge in [0.2, 0.25) is 0 Å². The van der Waals surface area contributed by atoms with E-state index < -0.39 is 17.7 Å². The number of rotatable bonds is 9. The molecule has 2 aromatic carbocycles. The Balaban J connectivity index is 2.07. The maximum atomic E-state index is 13.0. The number of benzene rings is 2.